The topological polar surface area (TPSA) is 54.5 Å². The van der Waals surface area contributed by atoms with Crippen LogP contribution < -0.4 is 0 Å². The smallest absolute Gasteiger partial charge is 0.222 e. The quantitative estimate of drug-likeness (QED) is 0.840. The second-order valence-corrected chi connectivity index (χ2v) is 6.39. The van der Waals surface area contributed by atoms with Crippen molar-refractivity contribution in [1.82, 2.24) is 4.90 Å². The lowest BCUT2D eigenvalue weighted by Gasteiger charge is -2.25. The fraction of sp³-hybridized carbons (Fsp3) is 0.462. The van der Waals surface area contributed by atoms with Gasteiger partial charge in [-0.15, -0.1) is 0 Å². The van der Waals surface area contributed by atoms with Crippen molar-refractivity contribution in [3.05, 3.63) is 29.8 Å². The SMILES string of the molecule is CCC(=O)N(C)C(C)c1ccc(S(C)(=O)=O)cc1. The molecule has 4 nitrogen and oxygen atoms in total. The molecule has 0 bridgehead atoms. The van der Waals surface area contributed by atoms with Crippen LogP contribution in [-0.4, -0.2) is 32.5 Å². The molecule has 0 saturated carbocycles. The molecule has 0 aliphatic heterocycles. The average molecular weight is 269 g/mol. The Hall–Kier alpha value is -1.36. The Morgan fingerprint density at radius 1 is 1.28 bits per heavy atom. The van der Waals surface area contributed by atoms with Gasteiger partial charge >= 0.3 is 0 Å². The first-order valence-corrected chi connectivity index (χ1v) is 7.72. The van der Waals surface area contributed by atoms with E-state index in [0.717, 1.165) is 5.56 Å². The van der Waals surface area contributed by atoms with Gasteiger partial charge in [0.15, 0.2) is 9.84 Å². The maximum Gasteiger partial charge on any atom is 0.222 e. The van der Waals surface area contributed by atoms with Crippen molar-refractivity contribution in [2.75, 3.05) is 13.3 Å². The molecule has 0 N–H and O–H groups in total. The van der Waals surface area contributed by atoms with Gasteiger partial charge in [-0.05, 0) is 24.6 Å². The van der Waals surface area contributed by atoms with Gasteiger partial charge in [0.2, 0.25) is 5.91 Å². The van der Waals surface area contributed by atoms with Gasteiger partial charge < -0.3 is 4.90 Å². The maximum atomic E-state index is 11.6. The first-order chi connectivity index (χ1) is 8.27. The number of hydrogen-bond donors (Lipinski definition) is 0. The summed E-state index contributed by atoms with van der Waals surface area (Å²) in [7, 11) is -1.42. The zero-order valence-corrected chi connectivity index (χ0v) is 12.0. The third kappa shape index (κ3) is 3.32. The van der Waals surface area contributed by atoms with Crippen LogP contribution in [-0.2, 0) is 14.6 Å². The van der Waals surface area contributed by atoms with Gasteiger partial charge in [0.1, 0.15) is 0 Å². The number of amides is 1. The Morgan fingerprint density at radius 2 is 1.78 bits per heavy atom. The molecule has 0 aliphatic carbocycles. The van der Waals surface area contributed by atoms with Gasteiger partial charge in [-0.25, -0.2) is 8.42 Å². The highest BCUT2D eigenvalue weighted by Gasteiger charge is 2.16. The minimum atomic E-state index is -3.17. The summed E-state index contributed by atoms with van der Waals surface area (Å²) in [6, 6.07) is 6.59. The zero-order valence-electron chi connectivity index (χ0n) is 11.2. The number of hydrogen-bond acceptors (Lipinski definition) is 3. The van der Waals surface area contributed by atoms with Crippen molar-refractivity contribution < 1.29 is 13.2 Å². The number of sulfone groups is 1. The largest absolute Gasteiger partial charge is 0.339 e. The maximum absolute atomic E-state index is 11.6. The molecule has 1 amide bonds. The van der Waals surface area contributed by atoms with Crippen LogP contribution in [0.5, 0.6) is 0 Å². The van der Waals surface area contributed by atoms with Crippen LogP contribution >= 0.6 is 0 Å². The van der Waals surface area contributed by atoms with Crippen LogP contribution in [0, 0.1) is 0 Å². The van der Waals surface area contributed by atoms with Crippen molar-refractivity contribution in [2.24, 2.45) is 0 Å². The highest BCUT2D eigenvalue weighted by Crippen LogP contribution is 2.21. The Morgan fingerprint density at radius 3 is 2.17 bits per heavy atom. The molecule has 1 aromatic carbocycles. The van der Waals surface area contributed by atoms with Crippen molar-refractivity contribution >= 4 is 15.7 Å². The van der Waals surface area contributed by atoms with Crippen molar-refractivity contribution in [3.8, 4) is 0 Å². The molecule has 1 unspecified atom stereocenters. The van der Waals surface area contributed by atoms with E-state index in [2.05, 4.69) is 0 Å². The van der Waals surface area contributed by atoms with Gasteiger partial charge in [-0.3, -0.25) is 4.79 Å². The fourth-order valence-corrected chi connectivity index (χ4v) is 2.31. The number of carbonyl (C=O) groups is 1. The van der Waals surface area contributed by atoms with E-state index in [1.807, 2.05) is 13.8 Å². The Labute approximate surface area is 109 Å². The third-order valence-corrected chi connectivity index (χ3v) is 4.20. The molecule has 0 spiro atoms. The predicted octanol–water partition coefficient (Wildman–Crippen LogP) is 2.02. The number of carbonyl (C=O) groups excluding carboxylic acids is 1. The molecule has 1 aromatic rings. The fourth-order valence-electron chi connectivity index (χ4n) is 1.68. The number of benzene rings is 1. The van der Waals surface area contributed by atoms with Gasteiger partial charge in [0.25, 0.3) is 0 Å². The third-order valence-electron chi connectivity index (χ3n) is 3.07. The highest BCUT2D eigenvalue weighted by atomic mass is 32.2. The van der Waals surface area contributed by atoms with Crippen LogP contribution in [0.25, 0.3) is 0 Å². The average Bonchev–Trinajstić information content (AvgIpc) is 2.35. The van der Waals surface area contributed by atoms with Crippen molar-refractivity contribution in [2.45, 2.75) is 31.2 Å². The molecule has 100 valence electrons. The van der Waals surface area contributed by atoms with E-state index >= 15 is 0 Å². The molecule has 18 heavy (non-hydrogen) atoms. The molecule has 0 radical (unpaired) electrons. The first kappa shape index (κ1) is 14.7. The molecule has 5 heteroatoms. The molecule has 0 heterocycles. The van der Waals surface area contributed by atoms with E-state index < -0.39 is 9.84 Å². The summed E-state index contributed by atoms with van der Waals surface area (Å²) in [6.45, 7) is 3.74. The first-order valence-electron chi connectivity index (χ1n) is 5.83. The summed E-state index contributed by atoms with van der Waals surface area (Å²) >= 11 is 0. The van der Waals surface area contributed by atoms with E-state index in [9.17, 15) is 13.2 Å². The van der Waals surface area contributed by atoms with E-state index in [4.69, 9.17) is 0 Å². The minimum Gasteiger partial charge on any atom is -0.339 e. The summed E-state index contributed by atoms with van der Waals surface area (Å²) < 4.78 is 22.7. The lowest BCUT2D eigenvalue weighted by atomic mass is 10.1. The van der Waals surface area contributed by atoms with E-state index in [0.29, 0.717) is 11.3 Å². The van der Waals surface area contributed by atoms with Gasteiger partial charge in [0, 0.05) is 19.7 Å². The molecule has 1 atom stereocenters. The molecular formula is C13H19NO3S. The molecule has 1 rings (SSSR count). The minimum absolute atomic E-state index is 0.0638. The summed E-state index contributed by atoms with van der Waals surface area (Å²) in [5.41, 5.74) is 0.923. The molecule has 0 aliphatic rings. The van der Waals surface area contributed by atoms with Crippen LogP contribution in [0.1, 0.15) is 31.9 Å². The van der Waals surface area contributed by atoms with E-state index in [1.54, 1.807) is 36.2 Å². The van der Waals surface area contributed by atoms with Crippen LogP contribution in [0.2, 0.25) is 0 Å². The Bertz CT molecular complexity index is 520. The van der Waals surface area contributed by atoms with Crippen molar-refractivity contribution in [1.29, 1.82) is 0 Å². The van der Waals surface area contributed by atoms with Crippen LogP contribution in [0.15, 0.2) is 29.2 Å². The predicted molar refractivity (Wildman–Crippen MR) is 71.0 cm³/mol. The molecular weight excluding hydrogens is 250 g/mol. The lowest BCUT2D eigenvalue weighted by molar-refractivity contribution is -0.131. The standard InChI is InChI=1S/C13H19NO3S/c1-5-13(15)14(3)10(2)11-6-8-12(9-7-11)18(4,16)17/h6-10H,5H2,1-4H3. The zero-order chi connectivity index (χ0) is 13.9. The summed E-state index contributed by atoms with van der Waals surface area (Å²) in [5.74, 6) is 0.0645. The van der Waals surface area contributed by atoms with Gasteiger partial charge in [-0.2, -0.15) is 0 Å². The van der Waals surface area contributed by atoms with Gasteiger partial charge in [-0.1, -0.05) is 19.1 Å². The van der Waals surface area contributed by atoms with Crippen molar-refractivity contribution in [3.63, 3.8) is 0 Å². The molecule has 0 saturated heterocycles. The number of nitrogens with zero attached hydrogens (tertiary/aromatic N) is 1. The number of rotatable bonds is 4. The highest BCUT2D eigenvalue weighted by molar-refractivity contribution is 7.90. The molecule has 0 aromatic heterocycles. The van der Waals surface area contributed by atoms with E-state index in [1.165, 1.54) is 6.26 Å². The second-order valence-electron chi connectivity index (χ2n) is 4.38. The Kier molecular flexibility index (Phi) is 4.51. The summed E-state index contributed by atoms with van der Waals surface area (Å²) in [4.78, 5) is 13.5. The Balaban J connectivity index is 2.95. The monoisotopic (exact) mass is 269 g/mol. The second kappa shape index (κ2) is 5.52. The summed E-state index contributed by atoms with van der Waals surface area (Å²) in [5, 5.41) is 0. The van der Waals surface area contributed by atoms with Crippen LogP contribution in [0.3, 0.4) is 0 Å². The molecule has 0 fully saturated rings. The van der Waals surface area contributed by atoms with E-state index in [-0.39, 0.29) is 11.9 Å². The normalized spacial score (nSPS) is 13.1. The van der Waals surface area contributed by atoms with Crippen LogP contribution in [0.4, 0.5) is 0 Å². The van der Waals surface area contributed by atoms with Gasteiger partial charge in [0.05, 0.1) is 10.9 Å². The lowest BCUT2D eigenvalue weighted by Crippen LogP contribution is -2.28. The summed E-state index contributed by atoms with van der Waals surface area (Å²) in [6.07, 6.45) is 1.64.